The number of aryl methyl sites for hydroxylation is 1. The van der Waals surface area contributed by atoms with Crippen molar-refractivity contribution in [1.29, 1.82) is 0 Å². The molecule has 1 aromatic carbocycles. The van der Waals surface area contributed by atoms with E-state index in [1.807, 2.05) is 19.2 Å². The van der Waals surface area contributed by atoms with E-state index in [2.05, 4.69) is 37.1 Å². The van der Waals surface area contributed by atoms with Crippen LogP contribution in [0.2, 0.25) is 0 Å². The van der Waals surface area contributed by atoms with E-state index in [-0.39, 0.29) is 0 Å². The van der Waals surface area contributed by atoms with Gasteiger partial charge in [0.2, 0.25) is 5.78 Å². The van der Waals surface area contributed by atoms with Crippen molar-refractivity contribution in [2.75, 3.05) is 0 Å². The van der Waals surface area contributed by atoms with Crippen LogP contribution in [0.1, 0.15) is 0 Å². The first kappa shape index (κ1) is 8.75. The molecule has 3 heterocycles. The Morgan fingerprint density at radius 1 is 1.00 bits per heavy atom. The minimum Gasteiger partial charge on any atom is -0.313 e. The summed E-state index contributed by atoms with van der Waals surface area (Å²) in [5.41, 5.74) is 4.41. The molecule has 0 fully saturated rings. The molecule has 0 amide bonds. The Labute approximate surface area is 97.1 Å². The smallest absolute Gasteiger partial charge is 0.215 e. The highest BCUT2D eigenvalue weighted by molar-refractivity contribution is 5.89. The van der Waals surface area contributed by atoms with E-state index in [9.17, 15) is 0 Å². The molecule has 4 rings (SSSR count). The average Bonchev–Trinajstić information content (AvgIpc) is 2.88. The van der Waals surface area contributed by atoms with E-state index in [1.54, 1.807) is 12.4 Å². The second-order valence-electron chi connectivity index (χ2n) is 4.16. The molecule has 3 aromatic heterocycles. The summed E-state index contributed by atoms with van der Waals surface area (Å²) < 4.78 is 4.28. The summed E-state index contributed by atoms with van der Waals surface area (Å²) in [5.74, 6) is 0.953. The Bertz CT molecular complexity index is 854. The summed E-state index contributed by atoms with van der Waals surface area (Å²) in [6.07, 6.45) is 3.61. The Balaban J connectivity index is 2.41. The molecule has 4 aromatic rings. The predicted octanol–water partition coefficient (Wildman–Crippen LogP) is 2.37. The van der Waals surface area contributed by atoms with Crippen LogP contribution in [0, 0.1) is 0 Å². The second kappa shape index (κ2) is 2.85. The molecule has 0 bridgehead atoms. The zero-order valence-corrected chi connectivity index (χ0v) is 9.33. The third-order valence-corrected chi connectivity index (χ3v) is 3.22. The van der Waals surface area contributed by atoms with Gasteiger partial charge in [0, 0.05) is 13.2 Å². The third kappa shape index (κ3) is 0.970. The van der Waals surface area contributed by atoms with Crippen molar-refractivity contribution in [2.24, 2.45) is 7.05 Å². The molecule has 0 radical (unpaired) electrons. The molecule has 0 aliphatic heterocycles. The number of rotatable bonds is 0. The number of para-hydroxylation sites is 2. The van der Waals surface area contributed by atoms with Crippen molar-refractivity contribution < 1.29 is 0 Å². The van der Waals surface area contributed by atoms with Crippen molar-refractivity contribution in [3.63, 3.8) is 0 Å². The lowest BCUT2D eigenvalue weighted by Crippen LogP contribution is -1.87. The van der Waals surface area contributed by atoms with E-state index < -0.39 is 0 Å². The number of pyridine rings is 1. The summed E-state index contributed by atoms with van der Waals surface area (Å²) in [7, 11) is 2.04. The number of aromatic nitrogens is 4. The van der Waals surface area contributed by atoms with Gasteiger partial charge in [-0.2, -0.15) is 0 Å². The third-order valence-electron chi connectivity index (χ3n) is 3.22. The summed E-state index contributed by atoms with van der Waals surface area (Å²) in [6, 6.07) is 10.3. The molecule has 4 heteroatoms. The molecule has 0 saturated carbocycles. The van der Waals surface area contributed by atoms with Crippen molar-refractivity contribution in [3.8, 4) is 0 Å². The number of benzene rings is 1. The van der Waals surface area contributed by atoms with Gasteiger partial charge in [-0.15, -0.1) is 0 Å². The standard InChI is InChI=1S/C13H10N4/c1-16-11-4-2-3-5-12(11)17-10-6-7-14-8-9(10)15-13(16)17/h2-8H,1H3. The lowest BCUT2D eigenvalue weighted by Gasteiger charge is -1.94. The maximum Gasteiger partial charge on any atom is 0.215 e. The van der Waals surface area contributed by atoms with E-state index in [1.165, 1.54) is 11.0 Å². The molecule has 0 aliphatic rings. The molecule has 0 unspecified atom stereocenters. The fraction of sp³-hybridized carbons (Fsp3) is 0.0769. The van der Waals surface area contributed by atoms with Crippen LogP contribution in [-0.2, 0) is 7.05 Å². The van der Waals surface area contributed by atoms with Crippen LogP contribution in [0.4, 0.5) is 0 Å². The average molecular weight is 222 g/mol. The highest BCUT2D eigenvalue weighted by Gasteiger charge is 2.12. The first-order chi connectivity index (χ1) is 8.36. The molecule has 4 nitrogen and oxygen atoms in total. The number of fused-ring (bicyclic) bond motifs is 5. The fourth-order valence-corrected chi connectivity index (χ4v) is 2.43. The van der Waals surface area contributed by atoms with Gasteiger partial charge in [0.15, 0.2) is 0 Å². The van der Waals surface area contributed by atoms with Crippen LogP contribution >= 0.6 is 0 Å². The van der Waals surface area contributed by atoms with Crippen LogP contribution < -0.4 is 0 Å². The lowest BCUT2D eigenvalue weighted by atomic mass is 10.3. The normalized spacial score (nSPS) is 11.8. The van der Waals surface area contributed by atoms with E-state index >= 15 is 0 Å². The molecule has 17 heavy (non-hydrogen) atoms. The van der Waals surface area contributed by atoms with Gasteiger partial charge in [0.1, 0.15) is 5.52 Å². The summed E-state index contributed by atoms with van der Waals surface area (Å²) in [5, 5.41) is 0. The van der Waals surface area contributed by atoms with Crippen LogP contribution in [0.15, 0.2) is 42.7 Å². The van der Waals surface area contributed by atoms with E-state index in [0.29, 0.717) is 0 Å². The highest BCUT2D eigenvalue weighted by atomic mass is 15.2. The molecule has 0 saturated heterocycles. The molecular formula is C13H10N4. The number of hydrogen-bond acceptors (Lipinski definition) is 2. The Hall–Kier alpha value is -2.36. The van der Waals surface area contributed by atoms with Crippen molar-refractivity contribution in [3.05, 3.63) is 42.7 Å². The largest absolute Gasteiger partial charge is 0.313 e. The van der Waals surface area contributed by atoms with Gasteiger partial charge < -0.3 is 4.57 Å². The summed E-state index contributed by atoms with van der Waals surface area (Å²) >= 11 is 0. The van der Waals surface area contributed by atoms with Gasteiger partial charge in [-0.25, -0.2) is 4.98 Å². The van der Waals surface area contributed by atoms with Gasteiger partial charge in [0.05, 0.1) is 22.7 Å². The maximum atomic E-state index is 4.62. The molecule has 0 N–H and O–H groups in total. The molecule has 0 spiro atoms. The SMILES string of the molecule is Cn1c2ccccc2n2c3ccncc3nc12. The monoisotopic (exact) mass is 222 g/mol. The predicted molar refractivity (Wildman–Crippen MR) is 67.0 cm³/mol. The van der Waals surface area contributed by atoms with Crippen LogP contribution in [0.25, 0.3) is 27.8 Å². The summed E-state index contributed by atoms with van der Waals surface area (Å²) in [4.78, 5) is 8.73. The van der Waals surface area contributed by atoms with E-state index in [4.69, 9.17) is 0 Å². The fourth-order valence-electron chi connectivity index (χ4n) is 2.43. The first-order valence-corrected chi connectivity index (χ1v) is 5.52. The molecule has 0 atom stereocenters. The minimum atomic E-state index is 0.934. The zero-order chi connectivity index (χ0) is 11.4. The van der Waals surface area contributed by atoms with Gasteiger partial charge in [-0.1, -0.05) is 12.1 Å². The van der Waals surface area contributed by atoms with Gasteiger partial charge in [0.25, 0.3) is 0 Å². The molecular weight excluding hydrogens is 212 g/mol. The Morgan fingerprint density at radius 2 is 1.82 bits per heavy atom. The highest BCUT2D eigenvalue weighted by Crippen LogP contribution is 2.24. The lowest BCUT2D eigenvalue weighted by molar-refractivity contribution is 0.973. The topological polar surface area (TPSA) is 35.1 Å². The van der Waals surface area contributed by atoms with Crippen LogP contribution in [-0.4, -0.2) is 18.9 Å². The van der Waals surface area contributed by atoms with Gasteiger partial charge >= 0.3 is 0 Å². The maximum absolute atomic E-state index is 4.62. The quantitative estimate of drug-likeness (QED) is 0.458. The minimum absolute atomic E-state index is 0.934. The molecule has 0 aliphatic carbocycles. The molecule has 82 valence electrons. The van der Waals surface area contributed by atoms with Gasteiger partial charge in [-0.3, -0.25) is 9.38 Å². The first-order valence-electron chi connectivity index (χ1n) is 5.52. The Kier molecular flexibility index (Phi) is 1.47. The number of nitrogens with zero attached hydrogens (tertiary/aromatic N) is 4. The van der Waals surface area contributed by atoms with Crippen LogP contribution in [0.3, 0.4) is 0 Å². The second-order valence-corrected chi connectivity index (χ2v) is 4.16. The Morgan fingerprint density at radius 3 is 2.71 bits per heavy atom. The van der Waals surface area contributed by atoms with Crippen molar-refractivity contribution in [2.45, 2.75) is 0 Å². The van der Waals surface area contributed by atoms with Crippen molar-refractivity contribution in [1.82, 2.24) is 18.9 Å². The summed E-state index contributed by atoms with van der Waals surface area (Å²) in [6.45, 7) is 0. The van der Waals surface area contributed by atoms with Crippen molar-refractivity contribution >= 4 is 27.8 Å². The number of hydrogen-bond donors (Lipinski definition) is 0. The van der Waals surface area contributed by atoms with Crippen LogP contribution in [0.5, 0.6) is 0 Å². The zero-order valence-electron chi connectivity index (χ0n) is 9.33. The number of imidazole rings is 2. The van der Waals surface area contributed by atoms with E-state index in [0.717, 1.165) is 16.8 Å². The van der Waals surface area contributed by atoms with Gasteiger partial charge in [-0.05, 0) is 18.2 Å².